The summed E-state index contributed by atoms with van der Waals surface area (Å²) in [6, 6.07) is 11.2. The first kappa shape index (κ1) is 12.9. The topological polar surface area (TPSA) is 32.3 Å². The van der Waals surface area contributed by atoms with Gasteiger partial charge >= 0.3 is 0 Å². The molecule has 0 saturated heterocycles. The minimum atomic E-state index is -1.05. The number of hydrogen-bond acceptors (Lipinski definition) is 2. The highest BCUT2D eigenvalue weighted by Gasteiger charge is 2.17. The highest BCUT2D eigenvalue weighted by Crippen LogP contribution is 2.31. The Morgan fingerprint density at radius 2 is 1.89 bits per heavy atom. The third-order valence-electron chi connectivity index (χ3n) is 2.78. The minimum Gasteiger partial charge on any atom is -0.388 e. The van der Waals surface area contributed by atoms with Crippen LogP contribution in [0, 0.1) is 5.82 Å². The van der Waals surface area contributed by atoms with Gasteiger partial charge in [0.1, 0.15) is 11.9 Å². The number of nitrogens with one attached hydrogen (secondary N) is 1. The fourth-order valence-electron chi connectivity index (χ4n) is 1.85. The van der Waals surface area contributed by atoms with Crippen molar-refractivity contribution in [2.75, 3.05) is 12.4 Å². The molecule has 0 aliphatic carbocycles. The van der Waals surface area contributed by atoms with Crippen molar-refractivity contribution in [2.45, 2.75) is 6.10 Å². The molecular weight excluding hydrogens is 252 g/mol. The SMILES string of the molecule is CNc1ccc(Cl)cc1C(O)c1ccccc1[18F]. The zero-order valence-electron chi connectivity index (χ0n) is 9.82. The van der Waals surface area contributed by atoms with Crippen molar-refractivity contribution in [2.24, 2.45) is 0 Å². The van der Waals surface area contributed by atoms with Crippen LogP contribution in [0.2, 0.25) is 5.02 Å². The van der Waals surface area contributed by atoms with E-state index in [1.807, 2.05) is 0 Å². The number of aliphatic hydroxyl groups excluding tert-OH is 1. The molecule has 0 aromatic heterocycles. The van der Waals surface area contributed by atoms with Crippen molar-refractivity contribution in [3.05, 3.63) is 64.4 Å². The van der Waals surface area contributed by atoms with Crippen LogP contribution in [0.5, 0.6) is 0 Å². The van der Waals surface area contributed by atoms with Gasteiger partial charge in [0.2, 0.25) is 0 Å². The Labute approximate surface area is 110 Å². The number of rotatable bonds is 3. The maximum absolute atomic E-state index is 13.6. The first-order valence-electron chi connectivity index (χ1n) is 5.53. The van der Waals surface area contributed by atoms with Crippen LogP contribution in [0.25, 0.3) is 0 Å². The number of hydrogen-bond donors (Lipinski definition) is 2. The lowest BCUT2D eigenvalue weighted by atomic mass is 9.99. The Balaban J connectivity index is 2.48. The summed E-state index contributed by atoms with van der Waals surface area (Å²) < 4.78 is 13.6. The number of aliphatic hydroxyl groups is 1. The predicted molar refractivity (Wildman–Crippen MR) is 71.5 cm³/mol. The highest BCUT2D eigenvalue weighted by molar-refractivity contribution is 6.30. The summed E-state index contributed by atoms with van der Waals surface area (Å²) in [6.07, 6.45) is -1.05. The molecule has 2 aromatic rings. The van der Waals surface area contributed by atoms with Crippen molar-refractivity contribution >= 4 is 17.3 Å². The molecule has 0 fully saturated rings. The summed E-state index contributed by atoms with van der Waals surface area (Å²) in [5.41, 5.74) is 1.50. The standard InChI is InChI=1S/C14H13ClFNO/c1-17-13-7-6-9(15)8-11(13)14(18)10-4-2-3-5-12(10)16/h2-8,14,17-18H,1H3/i16-1. The summed E-state index contributed by atoms with van der Waals surface area (Å²) in [4.78, 5) is 0. The Morgan fingerprint density at radius 1 is 1.17 bits per heavy atom. The van der Waals surface area contributed by atoms with E-state index in [1.54, 1.807) is 43.4 Å². The average Bonchev–Trinajstić information content (AvgIpc) is 2.38. The molecule has 0 aliphatic rings. The van der Waals surface area contributed by atoms with Crippen LogP contribution in [0.1, 0.15) is 17.2 Å². The van der Waals surface area contributed by atoms with E-state index < -0.39 is 11.9 Å². The molecule has 2 rings (SSSR count). The summed E-state index contributed by atoms with van der Waals surface area (Å²) in [5, 5.41) is 13.7. The van der Waals surface area contributed by atoms with Crippen molar-refractivity contribution in [3.63, 3.8) is 0 Å². The predicted octanol–water partition coefficient (Wildman–Crippen LogP) is 3.60. The molecule has 0 spiro atoms. The molecule has 0 radical (unpaired) electrons. The van der Waals surface area contributed by atoms with Crippen LogP contribution in [-0.2, 0) is 0 Å². The van der Waals surface area contributed by atoms with Crippen LogP contribution in [-0.4, -0.2) is 12.2 Å². The van der Waals surface area contributed by atoms with Crippen molar-refractivity contribution in [1.82, 2.24) is 0 Å². The van der Waals surface area contributed by atoms with Gasteiger partial charge in [0.15, 0.2) is 0 Å². The van der Waals surface area contributed by atoms with Crippen LogP contribution < -0.4 is 5.32 Å². The third kappa shape index (κ3) is 2.47. The third-order valence-corrected chi connectivity index (χ3v) is 3.01. The van der Waals surface area contributed by atoms with Gasteiger partial charge in [-0.1, -0.05) is 29.8 Å². The van der Waals surface area contributed by atoms with Gasteiger partial charge in [0.05, 0.1) is 0 Å². The Bertz CT molecular complexity index is 559. The van der Waals surface area contributed by atoms with Gasteiger partial charge in [-0.3, -0.25) is 0 Å². The van der Waals surface area contributed by atoms with Gasteiger partial charge in [0.25, 0.3) is 0 Å². The maximum atomic E-state index is 13.6. The smallest absolute Gasteiger partial charge is 0.129 e. The fourth-order valence-corrected chi connectivity index (χ4v) is 2.03. The van der Waals surface area contributed by atoms with E-state index in [4.69, 9.17) is 11.6 Å². The summed E-state index contributed by atoms with van der Waals surface area (Å²) in [5.74, 6) is -0.438. The summed E-state index contributed by atoms with van der Waals surface area (Å²) >= 11 is 5.91. The Kier molecular flexibility index (Phi) is 3.84. The van der Waals surface area contributed by atoms with E-state index in [-0.39, 0.29) is 5.56 Å². The largest absolute Gasteiger partial charge is 0.388 e. The van der Waals surface area contributed by atoms with Crippen LogP contribution in [0.4, 0.5) is 10.1 Å². The first-order valence-corrected chi connectivity index (χ1v) is 5.91. The van der Waals surface area contributed by atoms with E-state index in [1.165, 1.54) is 6.07 Å². The molecule has 94 valence electrons. The molecule has 0 aliphatic heterocycles. The van der Waals surface area contributed by atoms with Gasteiger partial charge < -0.3 is 10.4 Å². The molecule has 2 N–H and O–H groups in total. The second-order valence-corrected chi connectivity index (χ2v) is 4.34. The van der Waals surface area contributed by atoms with Crippen molar-refractivity contribution < 1.29 is 9.50 Å². The number of halogens is 2. The number of anilines is 1. The van der Waals surface area contributed by atoms with Crippen molar-refractivity contribution in [3.8, 4) is 0 Å². The second kappa shape index (κ2) is 5.38. The molecular formula is C14H13ClFNO. The summed E-state index contributed by atoms with van der Waals surface area (Å²) in [6.45, 7) is 0. The maximum Gasteiger partial charge on any atom is 0.129 e. The van der Waals surface area contributed by atoms with E-state index in [0.29, 0.717) is 10.6 Å². The molecule has 1 atom stereocenters. The van der Waals surface area contributed by atoms with Gasteiger partial charge in [0, 0.05) is 28.9 Å². The highest BCUT2D eigenvalue weighted by atomic mass is 35.5. The van der Waals surface area contributed by atoms with Gasteiger partial charge in [-0.2, -0.15) is 0 Å². The van der Waals surface area contributed by atoms with Gasteiger partial charge in [-0.15, -0.1) is 0 Å². The first-order chi connectivity index (χ1) is 8.63. The lowest BCUT2D eigenvalue weighted by Crippen LogP contribution is -2.06. The van der Waals surface area contributed by atoms with Crippen LogP contribution in [0.3, 0.4) is 0 Å². The lowest BCUT2D eigenvalue weighted by molar-refractivity contribution is 0.215. The molecule has 1 unspecified atom stereocenters. The monoisotopic (exact) mass is 264 g/mol. The van der Waals surface area contributed by atoms with E-state index in [9.17, 15) is 9.50 Å². The Hall–Kier alpha value is -1.58. The normalized spacial score (nSPS) is 12.2. The lowest BCUT2D eigenvalue weighted by Gasteiger charge is -2.16. The van der Waals surface area contributed by atoms with E-state index in [2.05, 4.69) is 5.32 Å². The number of benzene rings is 2. The zero-order valence-corrected chi connectivity index (χ0v) is 10.6. The molecule has 0 bridgehead atoms. The molecule has 0 amide bonds. The average molecular weight is 265 g/mol. The Morgan fingerprint density at radius 3 is 2.56 bits per heavy atom. The fraction of sp³-hybridized carbons (Fsp3) is 0.143. The molecule has 4 heteroatoms. The molecule has 2 aromatic carbocycles. The minimum absolute atomic E-state index is 0.233. The van der Waals surface area contributed by atoms with Crippen LogP contribution in [0.15, 0.2) is 42.5 Å². The molecule has 0 heterocycles. The second-order valence-electron chi connectivity index (χ2n) is 3.91. The van der Waals surface area contributed by atoms with E-state index >= 15 is 0 Å². The van der Waals surface area contributed by atoms with Crippen LogP contribution >= 0.6 is 11.6 Å². The molecule has 2 nitrogen and oxygen atoms in total. The van der Waals surface area contributed by atoms with E-state index in [0.717, 1.165) is 5.69 Å². The summed E-state index contributed by atoms with van der Waals surface area (Å²) in [7, 11) is 1.74. The molecule has 0 saturated carbocycles. The quantitative estimate of drug-likeness (QED) is 0.888. The zero-order chi connectivity index (χ0) is 13.1. The van der Waals surface area contributed by atoms with Gasteiger partial charge in [-0.25, -0.2) is 4.39 Å². The molecule has 18 heavy (non-hydrogen) atoms. The van der Waals surface area contributed by atoms with Gasteiger partial charge in [-0.05, 0) is 24.3 Å². The van der Waals surface area contributed by atoms with Crippen molar-refractivity contribution in [1.29, 1.82) is 0 Å².